The highest BCUT2D eigenvalue weighted by Gasteiger charge is 2.71. The second kappa shape index (κ2) is 12.7. The van der Waals surface area contributed by atoms with Crippen molar-refractivity contribution in [3.63, 3.8) is 0 Å². The lowest BCUT2D eigenvalue weighted by molar-refractivity contribution is -0.145. The van der Waals surface area contributed by atoms with Gasteiger partial charge < -0.3 is 29.2 Å². The molecular weight excluding hydrogens is 526 g/mol. The van der Waals surface area contributed by atoms with E-state index >= 15 is 0 Å². The van der Waals surface area contributed by atoms with Gasteiger partial charge in [0, 0.05) is 57.6 Å². The highest BCUT2D eigenvalue weighted by molar-refractivity contribution is 5.86. The summed E-state index contributed by atoms with van der Waals surface area (Å²) < 4.78 is 23.7. The Morgan fingerprint density at radius 2 is 1.78 bits per heavy atom. The number of urea groups is 1. The number of ketones is 1. The summed E-state index contributed by atoms with van der Waals surface area (Å²) in [5.41, 5.74) is 0.293. The standard InChI is InChI=1S/C31H51N3O7/c1-21(2)8-10-24-30(6,41-24)27-26(38-7)22(12-13-31(27)20-40-31)32-28(37)34-16-14-33(15-17-34)18-19-39-25(36)11-9-23(35)29(3,4)5/h8,22,24,26-27H,9-20H2,1-7H3,(H,32,37)/t22-,24-,26-,27-,30-,31+/m1/s1. The molecule has 0 aromatic heterocycles. The molecule has 2 amide bonds. The number of esters is 1. The molecule has 232 valence electrons. The molecule has 0 aromatic rings. The van der Waals surface area contributed by atoms with Gasteiger partial charge >= 0.3 is 12.0 Å². The second-order valence-corrected chi connectivity index (χ2v) is 13.7. The van der Waals surface area contributed by atoms with E-state index in [4.69, 9.17) is 18.9 Å². The molecule has 0 radical (unpaired) electrons. The molecule has 6 atom stereocenters. The highest BCUT2D eigenvalue weighted by atomic mass is 16.6. The van der Waals surface area contributed by atoms with Gasteiger partial charge in [-0.15, -0.1) is 0 Å². The van der Waals surface area contributed by atoms with Crippen LogP contribution in [0.15, 0.2) is 11.6 Å². The Kier molecular flexibility index (Phi) is 9.88. The van der Waals surface area contributed by atoms with Gasteiger partial charge in [0.1, 0.15) is 18.0 Å². The first-order valence-electron chi connectivity index (χ1n) is 15.2. The number of carbonyl (C=O) groups is 3. The number of methoxy groups -OCH3 is 1. The fraction of sp³-hybridized carbons (Fsp3) is 0.839. The van der Waals surface area contributed by atoms with Crippen LogP contribution in [0, 0.1) is 11.3 Å². The Hall–Kier alpha value is -2.01. The zero-order valence-corrected chi connectivity index (χ0v) is 26.1. The fourth-order valence-corrected chi connectivity index (χ4v) is 6.52. The smallest absolute Gasteiger partial charge is 0.317 e. The van der Waals surface area contributed by atoms with Gasteiger partial charge in [-0.2, -0.15) is 0 Å². The van der Waals surface area contributed by atoms with E-state index in [0.717, 1.165) is 25.9 Å². The largest absolute Gasteiger partial charge is 0.464 e. The normalized spacial score (nSPS) is 33.3. The summed E-state index contributed by atoms with van der Waals surface area (Å²) in [6.45, 7) is 16.2. The molecule has 3 aliphatic heterocycles. The third-order valence-electron chi connectivity index (χ3n) is 9.33. The lowest BCUT2D eigenvalue weighted by Gasteiger charge is -2.44. The van der Waals surface area contributed by atoms with E-state index in [0.29, 0.717) is 32.7 Å². The van der Waals surface area contributed by atoms with Crippen molar-refractivity contribution in [2.24, 2.45) is 11.3 Å². The van der Waals surface area contributed by atoms with E-state index in [1.165, 1.54) is 5.57 Å². The third-order valence-corrected chi connectivity index (χ3v) is 9.33. The Morgan fingerprint density at radius 3 is 2.37 bits per heavy atom. The van der Waals surface area contributed by atoms with Crippen molar-refractivity contribution in [3.05, 3.63) is 11.6 Å². The zero-order chi connectivity index (χ0) is 30.0. The molecule has 10 heteroatoms. The minimum Gasteiger partial charge on any atom is -0.464 e. The molecule has 3 saturated heterocycles. The van der Waals surface area contributed by atoms with Crippen molar-refractivity contribution in [3.8, 4) is 0 Å². The number of ether oxygens (including phenoxy) is 4. The van der Waals surface area contributed by atoms with E-state index in [-0.39, 0.29) is 72.6 Å². The average molecular weight is 578 g/mol. The topological polar surface area (TPSA) is 113 Å². The lowest BCUT2D eigenvalue weighted by Crippen LogP contribution is -2.61. The molecule has 4 aliphatic rings. The molecule has 4 fully saturated rings. The molecule has 1 aliphatic carbocycles. The van der Waals surface area contributed by atoms with E-state index in [1.807, 2.05) is 25.7 Å². The van der Waals surface area contributed by atoms with Gasteiger partial charge in [-0.3, -0.25) is 14.5 Å². The van der Waals surface area contributed by atoms with Gasteiger partial charge in [0.2, 0.25) is 0 Å². The van der Waals surface area contributed by atoms with Crippen molar-refractivity contribution >= 4 is 17.8 Å². The number of rotatable bonds is 11. The van der Waals surface area contributed by atoms with E-state index in [9.17, 15) is 14.4 Å². The number of hydrogen-bond acceptors (Lipinski definition) is 8. The SMILES string of the molecule is CO[C@@H]1[C@H](NC(=O)N2CCN(CCOC(=O)CCC(=O)C(C)(C)C)CC2)CC[C@]2(CO2)[C@H]1[C@]1(C)O[C@@H]1CC=C(C)C. The Bertz CT molecular complexity index is 992. The summed E-state index contributed by atoms with van der Waals surface area (Å²) in [6, 6.07) is -0.180. The molecule has 1 N–H and O–H groups in total. The number of epoxide rings is 2. The number of carbonyl (C=O) groups excluding carboxylic acids is 3. The number of Topliss-reactive ketones (excluding diaryl/α,β-unsaturated/α-hetero) is 1. The number of hydrogen-bond donors (Lipinski definition) is 1. The predicted molar refractivity (Wildman–Crippen MR) is 155 cm³/mol. The Balaban J connectivity index is 1.21. The van der Waals surface area contributed by atoms with Crippen LogP contribution >= 0.6 is 0 Å². The fourth-order valence-electron chi connectivity index (χ4n) is 6.52. The molecule has 4 rings (SSSR count). The third kappa shape index (κ3) is 7.69. The molecule has 10 nitrogen and oxygen atoms in total. The van der Waals surface area contributed by atoms with Crippen LogP contribution in [0.5, 0.6) is 0 Å². The van der Waals surface area contributed by atoms with Crippen molar-refractivity contribution in [2.45, 2.75) is 103 Å². The Labute approximate surface area is 245 Å². The van der Waals surface area contributed by atoms with Gasteiger partial charge in [0.25, 0.3) is 0 Å². The number of amides is 2. The van der Waals surface area contributed by atoms with Gasteiger partial charge in [0.15, 0.2) is 0 Å². The monoisotopic (exact) mass is 577 g/mol. The second-order valence-electron chi connectivity index (χ2n) is 13.7. The first-order valence-corrected chi connectivity index (χ1v) is 15.2. The van der Waals surface area contributed by atoms with Crippen LogP contribution in [0.3, 0.4) is 0 Å². The summed E-state index contributed by atoms with van der Waals surface area (Å²) in [4.78, 5) is 41.4. The molecular formula is C31H51N3O7. The van der Waals surface area contributed by atoms with Crippen molar-refractivity contribution < 1.29 is 33.3 Å². The molecule has 1 saturated carbocycles. The van der Waals surface area contributed by atoms with Gasteiger partial charge in [-0.1, -0.05) is 32.4 Å². The number of allylic oxidation sites excluding steroid dienone is 1. The van der Waals surface area contributed by atoms with Crippen LogP contribution in [0.4, 0.5) is 4.79 Å². The van der Waals surface area contributed by atoms with Crippen LogP contribution in [0.25, 0.3) is 0 Å². The molecule has 3 heterocycles. The molecule has 0 unspecified atom stereocenters. The van der Waals surface area contributed by atoms with Gasteiger partial charge in [-0.25, -0.2) is 4.79 Å². The molecule has 1 spiro atoms. The first-order chi connectivity index (χ1) is 19.3. The maximum Gasteiger partial charge on any atom is 0.317 e. The number of nitrogens with zero attached hydrogens (tertiary/aromatic N) is 2. The highest BCUT2D eigenvalue weighted by Crippen LogP contribution is 2.59. The minimum atomic E-state index is -0.443. The minimum absolute atomic E-state index is 0.0563. The van der Waals surface area contributed by atoms with Crippen LogP contribution in [-0.4, -0.2) is 110 Å². The lowest BCUT2D eigenvalue weighted by atomic mass is 9.67. The van der Waals surface area contributed by atoms with Crippen LogP contribution in [-0.2, 0) is 28.5 Å². The molecule has 41 heavy (non-hydrogen) atoms. The first kappa shape index (κ1) is 31.9. The summed E-state index contributed by atoms with van der Waals surface area (Å²) in [7, 11) is 1.73. The van der Waals surface area contributed by atoms with Crippen LogP contribution < -0.4 is 5.32 Å². The van der Waals surface area contributed by atoms with Crippen molar-refractivity contribution in [1.29, 1.82) is 0 Å². The number of nitrogens with one attached hydrogen (secondary N) is 1. The van der Waals surface area contributed by atoms with Crippen LogP contribution in [0.1, 0.15) is 73.6 Å². The predicted octanol–water partition coefficient (Wildman–Crippen LogP) is 3.33. The molecule has 0 bridgehead atoms. The number of piperazine rings is 1. The van der Waals surface area contributed by atoms with Gasteiger partial charge in [-0.05, 0) is 40.0 Å². The summed E-state index contributed by atoms with van der Waals surface area (Å²) >= 11 is 0. The maximum atomic E-state index is 13.3. The van der Waals surface area contributed by atoms with Gasteiger partial charge in [0.05, 0.1) is 36.9 Å². The van der Waals surface area contributed by atoms with E-state index < -0.39 is 5.41 Å². The Morgan fingerprint density at radius 1 is 1.10 bits per heavy atom. The maximum absolute atomic E-state index is 13.3. The zero-order valence-electron chi connectivity index (χ0n) is 26.1. The quantitative estimate of drug-likeness (QED) is 0.226. The van der Waals surface area contributed by atoms with Crippen molar-refractivity contribution in [1.82, 2.24) is 15.1 Å². The van der Waals surface area contributed by atoms with E-state index in [1.54, 1.807) is 7.11 Å². The van der Waals surface area contributed by atoms with E-state index in [2.05, 4.69) is 37.1 Å². The summed E-state index contributed by atoms with van der Waals surface area (Å²) in [5.74, 6) is -0.226. The van der Waals surface area contributed by atoms with Crippen LogP contribution in [0.2, 0.25) is 0 Å². The molecule has 0 aromatic carbocycles. The summed E-state index contributed by atoms with van der Waals surface area (Å²) in [5, 5.41) is 3.28. The van der Waals surface area contributed by atoms with Crippen molar-refractivity contribution in [2.75, 3.05) is 53.0 Å². The summed E-state index contributed by atoms with van der Waals surface area (Å²) in [6.07, 6.45) is 5.05. The average Bonchev–Trinajstić information content (AvgIpc) is 3.83.